The van der Waals surface area contributed by atoms with Gasteiger partial charge in [0.15, 0.2) is 0 Å². The molecule has 0 aliphatic heterocycles. The average Bonchev–Trinajstić information content (AvgIpc) is 2.25. The molecule has 0 amide bonds. The summed E-state index contributed by atoms with van der Waals surface area (Å²) in [6, 6.07) is 0. The summed E-state index contributed by atoms with van der Waals surface area (Å²) in [4.78, 5) is 0. The van der Waals surface area contributed by atoms with Crippen molar-refractivity contribution in [3.8, 4) is 0 Å². The van der Waals surface area contributed by atoms with Crippen molar-refractivity contribution in [2.45, 2.75) is 47.1 Å². The third kappa shape index (κ3) is 12.1. The molecular weight excluding hydrogens is 214 g/mol. The Kier molecular flexibility index (Phi) is 10.9. The summed E-state index contributed by atoms with van der Waals surface area (Å²) in [7, 11) is 0. The van der Waals surface area contributed by atoms with E-state index in [2.05, 4.69) is 39.9 Å². The highest BCUT2D eigenvalue weighted by Crippen LogP contribution is 2.05. The Bertz CT molecular complexity index is 160. The Balaban J connectivity index is 3.09. The predicted octanol–water partition coefficient (Wildman–Crippen LogP) is 2.70. The molecule has 0 aromatic heterocycles. The first-order valence-corrected chi connectivity index (χ1v) is 6.94. The Hall–Kier alpha value is -0.120. The summed E-state index contributed by atoms with van der Waals surface area (Å²) < 4.78 is 11.2. The van der Waals surface area contributed by atoms with Crippen LogP contribution in [0, 0.1) is 11.8 Å². The second-order valence-electron chi connectivity index (χ2n) is 5.38. The van der Waals surface area contributed by atoms with Gasteiger partial charge in [-0.2, -0.15) is 0 Å². The van der Waals surface area contributed by atoms with Crippen LogP contribution >= 0.6 is 0 Å². The van der Waals surface area contributed by atoms with Crippen molar-refractivity contribution in [2.24, 2.45) is 11.8 Å². The highest BCUT2D eigenvalue weighted by molar-refractivity contribution is 4.54. The lowest BCUT2D eigenvalue weighted by molar-refractivity contribution is 0.0197. The van der Waals surface area contributed by atoms with E-state index in [9.17, 15) is 0 Å². The molecule has 1 atom stereocenters. The average molecular weight is 245 g/mol. The quantitative estimate of drug-likeness (QED) is 0.568. The molecule has 104 valence electrons. The van der Waals surface area contributed by atoms with Gasteiger partial charge in [-0.3, -0.25) is 0 Å². The van der Waals surface area contributed by atoms with E-state index in [-0.39, 0.29) is 0 Å². The van der Waals surface area contributed by atoms with Gasteiger partial charge in [-0.05, 0) is 31.7 Å². The van der Waals surface area contributed by atoms with Crippen LogP contribution in [-0.2, 0) is 9.47 Å². The maximum absolute atomic E-state index is 5.67. The minimum atomic E-state index is 0.350. The summed E-state index contributed by atoms with van der Waals surface area (Å²) in [5, 5.41) is 3.35. The van der Waals surface area contributed by atoms with Gasteiger partial charge in [0.25, 0.3) is 0 Å². The molecule has 0 aromatic carbocycles. The fraction of sp³-hybridized carbons (Fsp3) is 1.00. The highest BCUT2D eigenvalue weighted by atomic mass is 16.5. The minimum Gasteiger partial charge on any atom is -0.380 e. The van der Waals surface area contributed by atoms with Crippen LogP contribution in [0.5, 0.6) is 0 Å². The lowest BCUT2D eigenvalue weighted by atomic mass is 10.1. The minimum absolute atomic E-state index is 0.350. The maximum Gasteiger partial charge on any atom is 0.0590 e. The summed E-state index contributed by atoms with van der Waals surface area (Å²) in [5.74, 6) is 1.30. The van der Waals surface area contributed by atoms with Gasteiger partial charge in [-0.15, -0.1) is 0 Å². The lowest BCUT2D eigenvalue weighted by Gasteiger charge is -2.16. The van der Waals surface area contributed by atoms with Crippen molar-refractivity contribution in [3.63, 3.8) is 0 Å². The fourth-order valence-corrected chi connectivity index (χ4v) is 1.26. The summed E-state index contributed by atoms with van der Waals surface area (Å²) in [6.07, 6.45) is 1.34. The largest absolute Gasteiger partial charge is 0.380 e. The van der Waals surface area contributed by atoms with E-state index in [0.29, 0.717) is 17.9 Å². The molecule has 0 bridgehead atoms. The lowest BCUT2D eigenvalue weighted by Crippen LogP contribution is -2.24. The first-order valence-electron chi connectivity index (χ1n) is 6.94. The van der Waals surface area contributed by atoms with Gasteiger partial charge in [0, 0.05) is 19.8 Å². The van der Waals surface area contributed by atoms with Crippen molar-refractivity contribution in [2.75, 3.05) is 32.9 Å². The first kappa shape index (κ1) is 16.9. The predicted molar refractivity (Wildman–Crippen MR) is 73.4 cm³/mol. The molecule has 3 heteroatoms. The zero-order valence-corrected chi connectivity index (χ0v) is 12.3. The molecule has 17 heavy (non-hydrogen) atoms. The molecule has 0 saturated heterocycles. The van der Waals surface area contributed by atoms with E-state index < -0.39 is 0 Å². The number of rotatable bonds is 11. The van der Waals surface area contributed by atoms with Gasteiger partial charge in [0.05, 0.1) is 12.7 Å². The molecule has 0 aliphatic carbocycles. The third-order valence-electron chi connectivity index (χ3n) is 2.73. The Labute approximate surface area is 107 Å². The molecular formula is C14H31NO2. The summed E-state index contributed by atoms with van der Waals surface area (Å²) in [5.41, 5.74) is 0. The van der Waals surface area contributed by atoms with Gasteiger partial charge < -0.3 is 14.8 Å². The monoisotopic (exact) mass is 245 g/mol. The van der Waals surface area contributed by atoms with Crippen LogP contribution < -0.4 is 5.32 Å². The fourth-order valence-electron chi connectivity index (χ4n) is 1.26. The molecule has 3 nitrogen and oxygen atoms in total. The smallest absolute Gasteiger partial charge is 0.0590 e. The van der Waals surface area contributed by atoms with Crippen LogP contribution in [0.4, 0.5) is 0 Å². The molecule has 0 unspecified atom stereocenters. The molecule has 0 saturated carbocycles. The second-order valence-corrected chi connectivity index (χ2v) is 5.38. The van der Waals surface area contributed by atoms with Gasteiger partial charge >= 0.3 is 0 Å². The van der Waals surface area contributed by atoms with E-state index in [1.807, 2.05) is 0 Å². The maximum atomic E-state index is 5.67. The van der Waals surface area contributed by atoms with Crippen LogP contribution in [-0.4, -0.2) is 39.0 Å². The van der Waals surface area contributed by atoms with Crippen LogP contribution in [0.2, 0.25) is 0 Å². The molecule has 0 heterocycles. The van der Waals surface area contributed by atoms with E-state index in [1.54, 1.807) is 0 Å². The summed E-state index contributed by atoms with van der Waals surface area (Å²) >= 11 is 0. The first-order chi connectivity index (χ1) is 8.04. The molecule has 0 aliphatic rings. The standard InChI is InChI=1S/C14H31NO2/c1-12(2)11-15-7-10-16-8-6-9-17-14(5)13(3)4/h12-15H,6-11H2,1-5H3/t14-/m0/s1. The van der Waals surface area contributed by atoms with Gasteiger partial charge in [0.1, 0.15) is 0 Å². The Morgan fingerprint density at radius 2 is 1.65 bits per heavy atom. The molecule has 0 rings (SSSR count). The van der Waals surface area contributed by atoms with Crippen molar-refractivity contribution in [1.29, 1.82) is 0 Å². The van der Waals surface area contributed by atoms with Crippen LogP contribution in [0.15, 0.2) is 0 Å². The van der Waals surface area contributed by atoms with Crippen LogP contribution in [0.3, 0.4) is 0 Å². The van der Waals surface area contributed by atoms with Crippen LogP contribution in [0.25, 0.3) is 0 Å². The third-order valence-corrected chi connectivity index (χ3v) is 2.73. The van der Waals surface area contributed by atoms with Crippen molar-refractivity contribution >= 4 is 0 Å². The van der Waals surface area contributed by atoms with E-state index in [1.165, 1.54) is 0 Å². The van der Waals surface area contributed by atoms with Gasteiger partial charge in [-0.25, -0.2) is 0 Å². The van der Waals surface area contributed by atoms with E-state index >= 15 is 0 Å². The van der Waals surface area contributed by atoms with Crippen LogP contribution in [0.1, 0.15) is 41.0 Å². The highest BCUT2D eigenvalue weighted by Gasteiger charge is 2.05. The zero-order chi connectivity index (χ0) is 13.1. The number of ether oxygens (including phenoxy) is 2. The number of hydrogen-bond donors (Lipinski definition) is 1. The Morgan fingerprint density at radius 1 is 0.941 bits per heavy atom. The van der Waals surface area contributed by atoms with E-state index in [0.717, 1.165) is 39.3 Å². The SMILES string of the molecule is CC(C)CNCCOCCCO[C@@H](C)C(C)C. The summed E-state index contributed by atoms with van der Waals surface area (Å²) in [6.45, 7) is 15.3. The van der Waals surface area contributed by atoms with Gasteiger partial charge in [-0.1, -0.05) is 27.7 Å². The normalized spacial score (nSPS) is 13.6. The van der Waals surface area contributed by atoms with Crippen molar-refractivity contribution in [3.05, 3.63) is 0 Å². The second kappa shape index (κ2) is 11.0. The van der Waals surface area contributed by atoms with Gasteiger partial charge in [0.2, 0.25) is 0 Å². The number of nitrogens with one attached hydrogen (secondary N) is 1. The topological polar surface area (TPSA) is 30.5 Å². The van der Waals surface area contributed by atoms with Crippen molar-refractivity contribution < 1.29 is 9.47 Å². The molecule has 0 aromatic rings. The number of hydrogen-bond acceptors (Lipinski definition) is 3. The Morgan fingerprint density at radius 3 is 2.24 bits per heavy atom. The zero-order valence-electron chi connectivity index (χ0n) is 12.3. The molecule has 0 fully saturated rings. The molecule has 1 N–H and O–H groups in total. The van der Waals surface area contributed by atoms with Crippen molar-refractivity contribution in [1.82, 2.24) is 5.32 Å². The van der Waals surface area contributed by atoms with E-state index in [4.69, 9.17) is 9.47 Å². The molecule has 0 spiro atoms. The molecule has 0 radical (unpaired) electrons.